The third kappa shape index (κ3) is 5.75. The monoisotopic (exact) mass is 630 g/mol. The molecule has 44 heavy (non-hydrogen) atoms. The van der Waals surface area contributed by atoms with Crippen LogP contribution in [0, 0.1) is 0 Å². The summed E-state index contributed by atoms with van der Waals surface area (Å²) in [6.45, 7) is 6.42. The summed E-state index contributed by atoms with van der Waals surface area (Å²) in [7, 11) is 0. The zero-order valence-electron chi connectivity index (χ0n) is 24.3. The summed E-state index contributed by atoms with van der Waals surface area (Å²) in [6, 6.07) is 12.7. The lowest BCUT2D eigenvalue weighted by atomic mass is 9.92. The molecule has 0 saturated heterocycles. The summed E-state index contributed by atoms with van der Waals surface area (Å²) in [4.78, 5) is 23.4. The predicted octanol–water partition coefficient (Wildman–Crippen LogP) is 6.51. The summed E-state index contributed by atoms with van der Waals surface area (Å²) < 4.78 is 93.6. The first-order valence-corrected chi connectivity index (χ1v) is 13.6. The van der Waals surface area contributed by atoms with E-state index < -0.39 is 46.6 Å². The molecule has 4 rings (SSSR count). The van der Waals surface area contributed by atoms with Crippen LogP contribution in [0.15, 0.2) is 60.9 Å². The highest BCUT2D eigenvalue weighted by molar-refractivity contribution is 5.93. The Morgan fingerprint density at radius 1 is 0.727 bits per heavy atom. The third-order valence-electron chi connectivity index (χ3n) is 7.07. The van der Waals surface area contributed by atoms with E-state index in [2.05, 4.69) is 4.74 Å². The fourth-order valence-corrected chi connectivity index (χ4v) is 5.03. The summed E-state index contributed by atoms with van der Waals surface area (Å²) >= 11 is 0. The van der Waals surface area contributed by atoms with Crippen LogP contribution in [-0.4, -0.2) is 56.9 Å². The van der Waals surface area contributed by atoms with Gasteiger partial charge < -0.3 is 28.8 Å². The second-order valence-corrected chi connectivity index (χ2v) is 9.54. The Balaban J connectivity index is 0.000000240. The largest absolute Gasteiger partial charge is 0.479 e. The van der Waals surface area contributed by atoms with Gasteiger partial charge in [0.05, 0.1) is 6.61 Å². The standard InChI is InChI=1S/2C15H16F3NO3/c1-3-19-9-11(10-7-5-6-8-12(10)19)14(21,15(16,17)18)13(20)22-4-2;1-3-19-9-11(10-7-5-6-8-12(10)19)14(13(20)21,22-4-2)15(16,17)18/h5-9,21H,3-4H2,1-2H3;5-9H,3-4H2,1-2H3,(H,20,21). The molecule has 14 heteroatoms. The minimum atomic E-state index is -5.19. The molecule has 0 fully saturated rings. The number of alkyl halides is 6. The third-order valence-corrected chi connectivity index (χ3v) is 7.07. The Labute approximate surface area is 248 Å². The van der Waals surface area contributed by atoms with E-state index in [1.54, 1.807) is 59.4 Å². The quantitative estimate of drug-likeness (QED) is 0.161. The van der Waals surface area contributed by atoms with Gasteiger partial charge in [-0.05, 0) is 39.8 Å². The van der Waals surface area contributed by atoms with Crippen molar-refractivity contribution in [2.24, 2.45) is 0 Å². The Hall–Kier alpha value is -4.04. The first-order chi connectivity index (χ1) is 20.6. The van der Waals surface area contributed by atoms with E-state index in [9.17, 15) is 46.1 Å². The Morgan fingerprint density at radius 3 is 1.57 bits per heavy atom. The number of ether oxygens (including phenoxy) is 2. The van der Waals surface area contributed by atoms with Gasteiger partial charge in [0.25, 0.3) is 11.2 Å². The number of hydrogen-bond acceptors (Lipinski definition) is 5. The lowest BCUT2D eigenvalue weighted by Crippen LogP contribution is -2.51. The molecular formula is C30H32F6N2O6. The number of esters is 1. The van der Waals surface area contributed by atoms with E-state index in [0.717, 1.165) is 6.20 Å². The minimum Gasteiger partial charge on any atom is -0.479 e. The van der Waals surface area contributed by atoms with Crippen molar-refractivity contribution in [2.45, 2.75) is 64.3 Å². The maximum Gasteiger partial charge on any atom is 0.432 e. The first kappa shape index (κ1) is 34.5. The zero-order chi connectivity index (χ0) is 33.1. The highest BCUT2D eigenvalue weighted by Crippen LogP contribution is 2.46. The average molecular weight is 631 g/mol. The van der Waals surface area contributed by atoms with Gasteiger partial charge in [0.1, 0.15) is 0 Å². The lowest BCUT2D eigenvalue weighted by Gasteiger charge is -2.31. The Kier molecular flexibility index (Phi) is 10.1. The van der Waals surface area contributed by atoms with Crippen LogP contribution in [0.25, 0.3) is 21.8 Å². The number of aliphatic carboxylic acids is 1. The van der Waals surface area contributed by atoms with Crippen molar-refractivity contribution in [3.8, 4) is 0 Å². The van der Waals surface area contributed by atoms with Crippen molar-refractivity contribution in [1.29, 1.82) is 0 Å². The molecule has 0 bridgehead atoms. The van der Waals surface area contributed by atoms with E-state index in [1.165, 1.54) is 32.2 Å². The number of carboxylic acid groups (broad SMARTS) is 1. The maximum absolute atomic E-state index is 13.6. The molecule has 0 aliphatic heterocycles. The fourth-order valence-electron chi connectivity index (χ4n) is 5.03. The van der Waals surface area contributed by atoms with Crippen LogP contribution < -0.4 is 0 Å². The molecule has 0 radical (unpaired) electrons. The van der Waals surface area contributed by atoms with Crippen molar-refractivity contribution in [2.75, 3.05) is 13.2 Å². The van der Waals surface area contributed by atoms with Gasteiger partial charge in [-0.25, -0.2) is 9.59 Å². The molecule has 0 aliphatic rings. The fraction of sp³-hybridized carbons (Fsp3) is 0.400. The number of fused-ring (bicyclic) bond motifs is 2. The number of rotatable bonds is 9. The number of carbonyl (C=O) groups is 2. The highest BCUT2D eigenvalue weighted by Gasteiger charge is 2.65. The van der Waals surface area contributed by atoms with E-state index in [0.29, 0.717) is 24.1 Å². The number of carboxylic acids is 1. The number of aromatic nitrogens is 2. The van der Waals surface area contributed by atoms with Gasteiger partial charge >= 0.3 is 24.3 Å². The van der Waals surface area contributed by atoms with Gasteiger partial charge in [0, 0.05) is 65.0 Å². The molecule has 2 heterocycles. The van der Waals surface area contributed by atoms with Crippen LogP contribution in [0.2, 0.25) is 0 Å². The van der Waals surface area contributed by atoms with Crippen molar-refractivity contribution in [1.82, 2.24) is 9.13 Å². The second-order valence-electron chi connectivity index (χ2n) is 9.54. The molecule has 240 valence electrons. The number of nitrogens with zero attached hydrogens (tertiary/aromatic N) is 2. The van der Waals surface area contributed by atoms with E-state index >= 15 is 0 Å². The smallest absolute Gasteiger partial charge is 0.432 e. The van der Waals surface area contributed by atoms with Crippen LogP contribution >= 0.6 is 0 Å². The van der Waals surface area contributed by atoms with E-state index in [-0.39, 0.29) is 24.0 Å². The molecule has 0 amide bonds. The number of halogens is 6. The molecule has 0 spiro atoms. The summed E-state index contributed by atoms with van der Waals surface area (Å²) in [5.74, 6) is -3.79. The summed E-state index contributed by atoms with van der Waals surface area (Å²) in [5.41, 5.74) is -6.94. The van der Waals surface area contributed by atoms with Gasteiger partial charge in [-0.1, -0.05) is 36.4 Å². The molecule has 2 atom stereocenters. The molecular weight excluding hydrogens is 598 g/mol. The lowest BCUT2D eigenvalue weighted by molar-refractivity contribution is -0.279. The SMILES string of the molecule is CCOC(=O)C(O)(c1cn(CC)c2ccccc12)C(F)(F)F.CCOC(C(=O)O)(c1cn(CC)c2ccccc12)C(F)(F)F. The molecule has 2 aromatic carbocycles. The van der Waals surface area contributed by atoms with Gasteiger partial charge in [-0.3, -0.25) is 0 Å². The number of aryl methyl sites for hydroxylation is 2. The van der Waals surface area contributed by atoms with Crippen LogP contribution in [0.3, 0.4) is 0 Å². The topological polar surface area (TPSA) is 103 Å². The molecule has 4 aromatic rings. The number of para-hydroxylation sites is 2. The van der Waals surface area contributed by atoms with Crippen LogP contribution in [0.1, 0.15) is 38.8 Å². The van der Waals surface area contributed by atoms with Crippen molar-refractivity contribution in [3.63, 3.8) is 0 Å². The summed E-state index contributed by atoms with van der Waals surface area (Å²) in [6.07, 6.45) is -7.92. The maximum atomic E-state index is 13.6. The van der Waals surface area contributed by atoms with Gasteiger partial charge in [-0.15, -0.1) is 0 Å². The van der Waals surface area contributed by atoms with Crippen LogP contribution in [-0.2, 0) is 43.4 Å². The second kappa shape index (κ2) is 12.9. The predicted molar refractivity (Wildman–Crippen MR) is 149 cm³/mol. The molecule has 2 aromatic heterocycles. The Bertz CT molecular complexity index is 1630. The molecule has 8 nitrogen and oxygen atoms in total. The minimum absolute atomic E-state index is 0.164. The van der Waals surface area contributed by atoms with Crippen LogP contribution in [0.5, 0.6) is 0 Å². The molecule has 2 unspecified atom stereocenters. The van der Waals surface area contributed by atoms with Crippen molar-refractivity contribution < 1.29 is 55.6 Å². The number of aliphatic hydroxyl groups is 1. The molecule has 0 aliphatic carbocycles. The van der Waals surface area contributed by atoms with Crippen LogP contribution in [0.4, 0.5) is 26.3 Å². The molecule has 0 saturated carbocycles. The number of hydrogen-bond donors (Lipinski definition) is 2. The molecule has 2 N–H and O–H groups in total. The highest BCUT2D eigenvalue weighted by atomic mass is 19.4. The average Bonchev–Trinajstić information content (AvgIpc) is 3.53. The van der Waals surface area contributed by atoms with Crippen molar-refractivity contribution in [3.05, 3.63) is 72.1 Å². The van der Waals surface area contributed by atoms with Gasteiger partial charge in [0.2, 0.25) is 0 Å². The number of benzene rings is 2. The number of carbonyl (C=O) groups excluding carboxylic acids is 1. The summed E-state index contributed by atoms with van der Waals surface area (Å²) in [5, 5.41) is 19.9. The van der Waals surface area contributed by atoms with Crippen molar-refractivity contribution >= 4 is 33.7 Å². The first-order valence-electron chi connectivity index (χ1n) is 13.6. The van der Waals surface area contributed by atoms with Gasteiger partial charge in [-0.2, -0.15) is 26.3 Å². The zero-order valence-corrected chi connectivity index (χ0v) is 24.3. The van der Waals surface area contributed by atoms with E-state index in [1.807, 2.05) is 0 Å². The van der Waals surface area contributed by atoms with Gasteiger partial charge in [0.15, 0.2) is 0 Å². The Morgan fingerprint density at radius 2 is 1.18 bits per heavy atom. The van der Waals surface area contributed by atoms with E-state index in [4.69, 9.17) is 4.74 Å². The normalized spacial score (nSPS) is 14.9.